The molecular formula is C27H21BiO6S3. The minimum atomic E-state index is -1.17. The van der Waals surface area contributed by atoms with Gasteiger partial charge in [0, 0.05) is 14.7 Å². The fraction of sp³-hybridized carbons (Fsp3) is 0. The van der Waals surface area contributed by atoms with Crippen LogP contribution in [0.5, 0.6) is 0 Å². The third-order valence-corrected chi connectivity index (χ3v) is 5.90. The normalized spacial score (nSPS) is 10.1. The van der Waals surface area contributed by atoms with Gasteiger partial charge in [-0.05, 0) is 70.9 Å². The van der Waals surface area contributed by atoms with E-state index in [0.29, 0.717) is 0 Å². The van der Waals surface area contributed by atoms with E-state index in [9.17, 15) is 29.7 Å². The van der Waals surface area contributed by atoms with Crippen molar-refractivity contribution >= 4 is 79.4 Å². The van der Waals surface area contributed by atoms with Gasteiger partial charge >= 0.3 is 26.2 Å². The van der Waals surface area contributed by atoms with Crippen LogP contribution in [0, 0.1) is 0 Å². The van der Waals surface area contributed by atoms with Crippen molar-refractivity contribution < 1.29 is 29.7 Å². The zero-order valence-electron chi connectivity index (χ0n) is 19.2. The second kappa shape index (κ2) is 22.4. The van der Waals surface area contributed by atoms with Gasteiger partial charge in [-0.2, -0.15) is 0 Å². The molecule has 10 heteroatoms. The molecule has 0 heterocycles. The molecule has 0 aliphatic heterocycles. The van der Waals surface area contributed by atoms with E-state index >= 15 is 0 Å². The number of carboxylic acids is 3. The Balaban J connectivity index is 0.000000518. The third kappa shape index (κ3) is 21.1. The van der Waals surface area contributed by atoms with Crippen molar-refractivity contribution in [3.63, 3.8) is 0 Å². The van der Waals surface area contributed by atoms with Crippen LogP contribution in [-0.4, -0.2) is 44.1 Å². The molecule has 37 heavy (non-hydrogen) atoms. The molecule has 0 amide bonds. The van der Waals surface area contributed by atoms with Gasteiger partial charge in [0.25, 0.3) is 0 Å². The molecule has 0 N–H and O–H groups in total. The van der Waals surface area contributed by atoms with Crippen LogP contribution in [0.15, 0.2) is 140 Å². The molecule has 0 bridgehead atoms. The molecule has 2 radical (unpaired) electrons. The van der Waals surface area contributed by atoms with Crippen LogP contribution in [0.4, 0.5) is 0 Å². The van der Waals surface area contributed by atoms with Gasteiger partial charge in [-0.25, -0.2) is 0 Å². The summed E-state index contributed by atoms with van der Waals surface area (Å²) in [6.45, 7) is 0. The number of thioether (sulfide) groups is 3. The Morgan fingerprint density at radius 2 is 0.676 bits per heavy atom. The summed E-state index contributed by atoms with van der Waals surface area (Å²) in [4.78, 5) is 33.0. The molecule has 0 saturated carbocycles. The van der Waals surface area contributed by atoms with Gasteiger partial charge in [-0.15, -0.1) is 0 Å². The Morgan fingerprint density at radius 1 is 0.459 bits per heavy atom. The van der Waals surface area contributed by atoms with Gasteiger partial charge in [0.1, 0.15) is 0 Å². The summed E-state index contributed by atoms with van der Waals surface area (Å²) in [7, 11) is 0. The summed E-state index contributed by atoms with van der Waals surface area (Å²) in [6, 6.07) is 28.6. The molecule has 0 aliphatic rings. The Labute approximate surface area is 247 Å². The molecule has 3 aromatic carbocycles. The molecule has 0 aliphatic carbocycles. The Bertz CT molecular complexity index is 992. The van der Waals surface area contributed by atoms with Gasteiger partial charge in [0.15, 0.2) is 0 Å². The predicted molar refractivity (Wildman–Crippen MR) is 145 cm³/mol. The number of benzene rings is 3. The van der Waals surface area contributed by atoms with E-state index in [1.807, 2.05) is 91.0 Å². The van der Waals surface area contributed by atoms with Crippen molar-refractivity contribution in [2.45, 2.75) is 14.7 Å². The molecule has 0 spiro atoms. The summed E-state index contributed by atoms with van der Waals surface area (Å²) >= 11 is 4.04. The van der Waals surface area contributed by atoms with Crippen LogP contribution < -0.4 is 15.3 Å². The van der Waals surface area contributed by atoms with Crippen molar-refractivity contribution in [1.29, 1.82) is 0 Å². The quantitative estimate of drug-likeness (QED) is 0.185. The van der Waals surface area contributed by atoms with Crippen LogP contribution in [0.25, 0.3) is 0 Å². The summed E-state index contributed by atoms with van der Waals surface area (Å²) in [5, 5.41) is 34.4. The second-order valence-electron chi connectivity index (χ2n) is 6.16. The first-order chi connectivity index (χ1) is 17.4. The van der Waals surface area contributed by atoms with Crippen molar-refractivity contribution in [2.75, 3.05) is 0 Å². The van der Waals surface area contributed by atoms with Crippen molar-refractivity contribution in [1.82, 2.24) is 0 Å². The van der Waals surface area contributed by atoms with E-state index in [1.165, 1.54) is 51.5 Å². The maximum atomic E-state index is 9.98. The number of carboxylic acid groups (broad SMARTS) is 3. The molecule has 0 aromatic heterocycles. The van der Waals surface area contributed by atoms with Crippen LogP contribution in [-0.2, 0) is 14.4 Å². The SMILES string of the molecule is O=C([O-])/C=C/Sc1ccccc1.O=C([O-])/C=C/Sc1ccccc1.O=C([O-])/C=C/Sc1ccccc1.[Bi+3]. The molecule has 0 saturated heterocycles. The summed E-state index contributed by atoms with van der Waals surface area (Å²) in [5.41, 5.74) is 0. The molecule has 0 fully saturated rings. The smallest absolute Gasteiger partial charge is 0.545 e. The number of hydrogen-bond donors (Lipinski definition) is 0. The second-order valence-corrected chi connectivity index (χ2v) is 9.10. The predicted octanol–water partition coefficient (Wildman–Crippen LogP) is 2.75. The Kier molecular flexibility index (Phi) is 20.7. The largest absolute Gasteiger partial charge is 3.00 e. The van der Waals surface area contributed by atoms with Crippen molar-refractivity contribution in [3.8, 4) is 0 Å². The first kappa shape index (κ1) is 34.2. The van der Waals surface area contributed by atoms with Crippen LogP contribution >= 0.6 is 35.3 Å². The maximum absolute atomic E-state index is 9.98. The Morgan fingerprint density at radius 3 is 0.865 bits per heavy atom. The van der Waals surface area contributed by atoms with E-state index in [1.54, 1.807) is 0 Å². The number of carbonyl (C=O) groups is 3. The average Bonchev–Trinajstić information content (AvgIpc) is 2.86. The molecular weight excluding hydrogens is 725 g/mol. The summed E-state index contributed by atoms with van der Waals surface area (Å²) < 4.78 is 0. The topological polar surface area (TPSA) is 120 Å². The molecule has 3 aromatic rings. The van der Waals surface area contributed by atoms with Gasteiger partial charge < -0.3 is 29.7 Å². The van der Waals surface area contributed by atoms with Crippen molar-refractivity contribution in [3.05, 3.63) is 125 Å². The van der Waals surface area contributed by atoms with Gasteiger partial charge in [0.2, 0.25) is 0 Å². The fourth-order valence-electron chi connectivity index (χ4n) is 2.00. The maximum Gasteiger partial charge on any atom is 3.00 e. The van der Waals surface area contributed by atoms with Gasteiger partial charge in [-0.1, -0.05) is 89.9 Å². The zero-order valence-corrected chi connectivity index (χ0v) is 25.2. The number of hydrogen-bond acceptors (Lipinski definition) is 9. The molecule has 3 rings (SSSR count). The first-order valence-electron chi connectivity index (χ1n) is 10.1. The summed E-state index contributed by atoms with van der Waals surface area (Å²) in [6.07, 6.45) is 3.03. The van der Waals surface area contributed by atoms with E-state index in [4.69, 9.17) is 0 Å². The van der Waals surface area contributed by atoms with Crippen molar-refractivity contribution in [2.24, 2.45) is 0 Å². The molecule has 0 unspecified atom stereocenters. The van der Waals surface area contributed by atoms with Crippen LogP contribution in [0.1, 0.15) is 0 Å². The number of carbonyl (C=O) groups excluding carboxylic acids is 3. The minimum Gasteiger partial charge on any atom is -0.545 e. The number of rotatable bonds is 9. The van der Waals surface area contributed by atoms with Gasteiger partial charge in [-0.3, -0.25) is 0 Å². The first-order valence-corrected chi connectivity index (χ1v) is 12.8. The monoisotopic (exact) mass is 746 g/mol. The molecule has 0 atom stereocenters. The number of aliphatic carboxylic acids is 3. The third-order valence-electron chi connectivity index (χ3n) is 3.45. The van der Waals surface area contributed by atoms with E-state index in [-0.39, 0.29) is 26.2 Å². The van der Waals surface area contributed by atoms with Crippen LogP contribution in [0.2, 0.25) is 0 Å². The van der Waals surface area contributed by atoms with E-state index in [2.05, 4.69) is 0 Å². The van der Waals surface area contributed by atoms with Gasteiger partial charge in [0.05, 0.1) is 17.9 Å². The zero-order chi connectivity index (χ0) is 26.4. The van der Waals surface area contributed by atoms with E-state index in [0.717, 1.165) is 32.9 Å². The van der Waals surface area contributed by atoms with E-state index < -0.39 is 17.9 Å². The standard InChI is InChI=1S/3C9H8O2S.Bi/c3*10-9(11)6-7-12-8-4-2-1-3-5-8;/h3*1-7H,(H,10,11);/q;;;+3/p-3/b3*7-6+;. The Hall–Kier alpha value is -2.78. The summed E-state index contributed by atoms with van der Waals surface area (Å²) in [5.74, 6) is -3.50. The van der Waals surface area contributed by atoms with Crippen LogP contribution in [0.3, 0.4) is 0 Å². The molecule has 6 nitrogen and oxygen atoms in total. The average molecular weight is 747 g/mol. The fourth-order valence-corrected chi connectivity index (χ4v) is 3.95. The minimum absolute atomic E-state index is 0. The molecule has 188 valence electrons.